The van der Waals surface area contributed by atoms with Crippen molar-refractivity contribution in [3.63, 3.8) is 0 Å². The maximum absolute atomic E-state index is 4.83. The third-order valence-corrected chi connectivity index (χ3v) is 66.8. The molecule has 0 aliphatic rings. The summed E-state index contributed by atoms with van der Waals surface area (Å²) in [5.74, 6) is 0. The standard InChI is InChI=1S/C42H62Br2Si6/c1-45(2,3)41(46(4,5)6,49(43,37-27-17-13-18-28-37)38-29-19-14-20-30-38)35-25-26-36-42(47(7,8)9,48(10,11)12)50(44,39-31-21-15-22-32-39)40-33-23-16-24-34-40/h13-34H,35-36H2,1-12H3. The average Bonchev–Trinajstić information content (AvgIpc) is 3.05. The van der Waals surface area contributed by atoms with E-state index in [1.807, 2.05) is 0 Å². The van der Waals surface area contributed by atoms with Gasteiger partial charge in [-0.05, 0) is 42.2 Å². The highest BCUT2D eigenvalue weighted by Crippen LogP contribution is 2.60. The summed E-state index contributed by atoms with van der Waals surface area (Å²) in [6.45, 7) is 27.1. The highest BCUT2D eigenvalue weighted by Gasteiger charge is 2.67. The SMILES string of the molecule is C[Si](C)(C)C(CC=CCC([Si](C)(C)C)([Si](C)(C)C)[Si](Br)(c1ccccc1)c1ccccc1)([Si](C)(C)C)[Si](Br)(c1ccccc1)c1ccccc1. The molecular weight excluding hydrogens is 833 g/mol. The molecule has 4 aromatic rings. The molecule has 0 aliphatic heterocycles. The van der Waals surface area contributed by atoms with Gasteiger partial charge in [-0.25, -0.2) is 0 Å². The van der Waals surface area contributed by atoms with Crippen LogP contribution in [0.25, 0.3) is 0 Å². The molecule has 0 bridgehead atoms. The van der Waals surface area contributed by atoms with Gasteiger partial charge in [0, 0.05) is 32.3 Å². The lowest BCUT2D eigenvalue weighted by molar-refractivity contribution is 0.894. The van der Waals surface area contributed by atoms with E-state index in [0.29, 0.717) is 0 Å². The number of allylic oxidation sites excluding steroid dienone is 2. The number of hydrogen-bond donors (Lipinski definition) is 0. The van der Waals surface area contributed by atoms with E-state index in [9.17, 15) is 0 Å². The summed E-state index contributed by atoms with van der Waals surface area (Å²) in [6.07, 6.45) is 7.66. The molecule has 4 rings (SSSR count). The molecule has 0 aliphatic carbocycles. The Morgan fingerprint density at radius 1 is 0.360 bits per heavy atom. The van der Waals surface area contributed by atoms with Gasteiger partial charge in [0.1, 0.15) is 0 Å². The predicted octanol–water partition coefficient (Wildman–Crippen LogP) is 11.6. The zero-order valence-corrected chi connectivity index (χ0v) is 42.0. The number of rotatable bonds is 14. The average molecular weight is 895 g/mol. The minimum absolute atomic E-state index is 0.203. The fraction of sp³-hybridized carbons (Fsp3) is 0.381. The zero-order valence-electron chi connectivity index (χ0n) is 32.9. The van der Waals surface area contributed by atoms with Crippen molar-refractivity contribution in [3.05, 3.63) is 133 Å². The molecule has 268 valence electrons. The van der Waals surface area contributed by atoms with Crippen molar-refractivity contribution in [1.29, 1.82) is 0 Å². The van der Waals surface area contributed by atoms with E-state index in [-0.39, 0.29) is 8.57 Å². The summed E-state index contributed by atoms with van der Waals surface area (Å²) in [6, 6.07) is 46.3. The summed E-state index contributed by atoms with van der Waals surface area (Å²) in [7, 11) is -7.37. The monoisotopic (exact) mass is 892 g/mol. The third kappa shape index (κ3) is 7.10. The van der Waals surface area contributed by atoms with Crippen molar-refractivity contribution in [2.24, 2.45) is 0 Å². The van der Waals surface area contributed by atoms with Crippen LogP contribution in [0.4, 0.5) is 0 Å². The fourth-order valence-electron chi connectivity index (χ4n) is 10.3. The Bertz CT molecular complexity index is 1460. The summed E-state index contributed by atoms with van der Waals surface area (Å²) >= 11 is 9.67. The summed E-state index contributed by atoms with van der Waals surface area (Å²) < 4.78 is 0.407. The fourth-order valence-corrected chi connectivity index (χ4v) is 82.9. The van der Waals surface area contributed by atoms with Crippen molar-refractivity contribution in [2.45, 2.75) is 100.0 Å². The minimum Gasteiger partial charge on any atom is -0.114 e. The molecule has 0 heterocycles. The molecule has 0 fully saturated rings. The molecule has 0 unspecified atom stereocenters. The second-order valence-corrected chi connectivity index (χ2v) is 56.7. The van der Waals surface area contributed by atoms with Gasteiger partial charge in [-0.1, -0.05) is 212 Å². The normalized spacial score (nSPS) is 14.3. The van der Waals surface area contributed by atoms with Crippen LogP contribution in [0.1, 0.15) is 12.8 Å². The molecule has 0 amide bonds. The molecule has 0 N–H and O–H groups in total. The summed E-state index contributed by atoms with van der Waals surface area (Å²) in [4.78, 5) is 0. The molecule has 8 heteroatoms. The summed E-state index contributed by atoms with van der Waals surface area (Å²) in [5.41, 5.74) is 0. The van der Waals surface area contributed by atoms with E-state index in [2.05, 4.69) is 212 Å². The first kappa shape index (κ1) is 41.6. The second-order valence-electron chi connectivity index (χ2n) is 18.5. The Hall–Kier alpha value is -1.12. The van der Waals surface area contributed by atoms with E-state index in [1.165, 1.54) is 20.7 Å². The quantitative estimate of drug-likeness (QED) is 0.0672. The lowest BCUT2D eigenvalue weighted by Gasteiger charge is -2.60. The van der Waals surface area contributed by atoms with Crippen molar-refractivity contribution in [1.82, 2.24) is 0 Å². The molecule has 0 atom stereocenters. The van der Waals surface area contributed by atoms with Crippen LogP contribution in [0.2, 0.25) is 87.1 Å². The van der Waals surface area contributed by atoms with Gasteiger partial charge in [0.05, 0.1) is 0 Å². The van der Waals surface area contributed by atoms with Crippen LogP contribution in [-0.2, 0) is 0 Å². The molecule has 0 aromatic heterocycles. The molecule has 0 spiro atoms. The summed E-state index contributed by atoms with van der Waals surface area (Å²) in [5, 5.41) is 6.07. The molecule has 0 saturated heterocycles. The van der Waals surface area contributed by atoms with E-state index >= 15 is 0 Å². The van der Waals surface area contributed by atoms with Crippen LogP contribution in [0.5, 0.6) is 0 Å². The maximum atomic E-state index is 4.83. The first-order valence-electron chi connectivity index (χ1n) is 18.4. The van der Waals surface area contributed by atoms with E-state index in [1.54, 1.807) is 0 Å². The molecule has 0 nitrogen and oxygen atoms in total. The number of hydrogen-bond acceptors (Lipinski definition) is 0. The first-order chi connectivity index (χ1) is 23.1. The lowest BCUT2D eigenvalue weighted by atomic mass is 10.3. The molecular formula is C42H62Br2Si6. The van der Waals surface area contributed by atoms with E-state index < -0.39 is 45.7 Å². The molecule has 4 aromatic carbocycles. The van der Waals surface area contributed by atoms with Gasteiger partial charge >= 0.3 is 0 Å². The van der Waals surface area contributed by atoms with E-state index in [4.69, 9.17) is 30.6 Å². The Labute approximate surface area is 327 Å². The second kappa shape index (κ2) is 15.3. The number of halogens is 2. The smallest absolute Gasteiger partial charge is 0.114 e. The Balaban J connectivity index is 2.00. The van der Waals surface area contributed by atoms with Crippen LogP contribution in [0, 0.1) is 0 Å². The minimum atomic E-state index is -2.46. The van der Waals surface area contributed by atoms with Gasteiger partial charge in [0.2, 0.25) is 0 Å². The van der Waals surface area contributed by atoms with Gasteiger partial charge in [-0.3, -0.25) is 0 Å². The highest BCUT2D eigenvalue weighted by atomic mass is 79.9. The Morgan fingerprint density at radius 2 is 0.540 bits per heavy atom. The van der Waals surface area contributed by atoms with Crippen LogP contribution in [0.15, 0.2) is 133 Å². The molecule has 0 radical (unpaired) electrons. The third-order valence-electron chi connectivity index (χ3n) is 12.0. The Morgan fingerprint density at radius 3 is 0.700 bits per heavy atom. The zero-order chi connectivity index (χ0) is 37.3. The highest BCUT2D eigenvalue weighted by molar-refractivity contribution is 9.27. The van der Waals surface area contributed by atoms with Crippen molar-refractivity contribution in [3.8, 4) is 0 Å². The van der Waals surface area contributed by atoms with Crippen LogP contribution in [-0.4, -0.2) is 45.7 Å². The van der Waals surface area contributed by atoms with Gasteiger partial charge in [-0.2, -0.15) is 0 Å². The van der Waals surface area contributed by atoms with Crippen LogP contribution >= 0.6 is 30.6 Å². The topological polar surface area (TPSA) is 0 Å². The van der Waals surface area contributed by atoms with Crippen LogP contribution < -0.4 is 20.7 Å². The number of benzene rings is 4. The largest absolute Gasteiger partial charge is 0.192 e. The predicted molar refractivity (Wildman–Crippen MR) is 251 cm³/mol. The van der Waals surface area contributed by atoms with Crippen molar-refractivity contribution < 1.29 is 0 Å². The van der Waals surface area contributed by atoms with Gasteiger partial charge in [0.25, 0.3) is 0 Å². The first-order valence-corrected chi connectivity index (χ1v) is 40.9. The van der Waals surface area contributed by atoms with Crippen molar-refractivity contribution in [2.75, 3.05) is 0 Å². The molecule has 50 heavy (non-hydrogen) atoms. The lowest BCUT2D eigenvalue weighted by Crippen LogP contribution is -2.75. The molecule has 0 saturated carbocycles. The maximum Gasteiger partial charge on any atom is 0.192 e. The Kier molecular flexibility index (Phi) is 12.8. The van der Waals surface area contributed by atoms with Gasteiger partial charge < -0.3 is 0 Å². The van der Waals surface area contributed by atoms with Crippen LogP contribution in [0.3, 0.4) is 0 Å². The van der Waals surface area contributed by atoms with Crippen molar-refractivity contribution >= 4 is 97.0 Å². The van der Waals surface area contributed by atoms with E-state index in [0.717, 1.165) is 12.8 Å². The van der Waals surface area contributed by atoms with Gasteiger partial charge in [0.15, 0.2) is 13.4 Å². The van der Waals surface area contributed by atoms with Gasteiger partial charge in [-0.15, -0.1) is 30.6 Å².